The van der Waals surface area contributed by atoms with E-state index in [2.05, 4.69) is 5.32 Å². The van der Waals surface area contributed by atoms with Crippen LogP contribution in [0.3, 0.4) is 0 Å². The number of nitrogens with one attached hydrogen (secondary N) is 1. The molecule has 98 valence electrons. The highest BCUT2D eigenvalue weighted by Gasteiger charge is 2.08. The van der Waals surface area contributed by atoms with Gasteiger partial charge in [-0.25, -0.2) is 13.6 Å². The smallest absolute Gasteiger partial charge is 0.337 e. The molecule has 0 spiro atoms. The van der Waals surface area contributed by atoms with E-state index in [0.717, 1.165) is 18.2 Å². The van der Waals surface area contributed by atoms with Gasteiger partial charge in [-0.2, -0.15) is 0 Å². The van der Waals surface area contributed by atoms with Gasteiger partial charge < -0.3 is 16.2 Å². The molecular weight excluding hydrogens is 254 g/mol. The number of hydrogen-bond acceptors (Lipinski definition) is 3. The number of carboxylic acid groups (broad SMARTS) is 1. The lowest BCUT2D eigenvalue weighted by Crippen LogP contribution is -2.03. The van der Waals surface area contributed by atoms with Crippen LogP contribution in [0.2, 0.25) is 0 Å². The summed E-state index contributed by atoms with van der Waals surface area (Å²) in [5.41, 5.74) is 6.25. The molecule has 0 amide bonds. The number of nitrogen functional groups attached to an aromatic ring is 1. The lowest BCUT2D eigenvalue weighted by atomic mass is 10.1. The van der Waals surface area contributed by atoms with Crippen molar-refractivity contribution in [1.82, 2.24) is 0 Å². The Balaban J connectivity index is 2.28. The van der Waals surface area contributed by atoms with Gasteiger partial charge in [-0.1, -0.05) is 0 Å². The molecule has 0 atom stereocenters. The van der Waals surface area contributed by atoms with Gasteiger partial charge in [-0.3, -0.25) is 0 Å². The maximum Gasteiger partial charge on any atom is 0.337 e. The molecule has 2 rings (SSSR count). The summed E-state index contributed by atoms with van der Waals surface area (Å²) < 4.78 is 26.0. The van der Waals surface area contributed by atoms with Crippen molar-refractivity contribution in [3.05, 3.63) is 53.6 Å². The molecule has 6 heteroatoms. The molecule has 19 heavy (non-hydrogen) atoms. The summed E-state index contributed by atoms with van der Waals surface area (Å²) in [7, 11) is 0. The Morgan fingerprint density at radius 1 is 1.05 bits per heavy atom. The standard InChI is InChI=1S/C13H10F2N2O2/c14-7-3-8(15)5-10(4-7)17-9-1-2-11(13(18)19)12(16)6-9/h1-6,17H,16H2,(H,18,19). The second kappa shape index (κ2) is 4.93. The van der Waals surface area contributed by atoms with Crippen molar-refractivity contribution in [1.29, 1.82) is 0 Å². The third-order valence-corrected chi connectivity index (χ3v) is 2.43. The Bertz CT molecular complexity index is 624. The normalized spacial score (nSPS) is 10.2. The van der Waals surface area contributed by atoms with Crippen LogP contribution in [0.15, 0.2) is 36.4 Å². The summed E-state index contributed by atoms with van der Waals surface area (Å²) in [6.45, 7) is 0. The number of anilines is 3. The highest BCUT2D eigenvalue weighted by atomic mass is 19.1. The fourth-order valence-electron chi connectivity index (χ4n) is 1.63. The fourth-order valence-corrected chi connectivity index (χ4v) is 1.63. The van der Waals surface area contributed by atoms with Gasteiger partial charge in [0.25, 0.3) is 0 Å². The van der Waals surface area contributed by atoms with Gasteiger partial charge in [-0.05, 0) is 30.3 Å². The van der Waals surface area contributed by atoms with Crippen LogP contribution in [0.4, 0.5) is 25.8 Å². The van der Waals surface area contributed by atoms with Crippen molar-refractivity contribution < 1.29 is 18.7 Å². The van der Waals surface area contributed by atoms with E-state index in [9.17, 15) is 13.6 Å². The molecule has 0 saturated carbocycles. The van der Waals surface area contributed by atoms with Crippen LogP contribution in [0.25, 0.3) is 0 Å². The van der Waals surface area contributed by atoms with Gasteiger partial charge in [0.05, 0.1) is 5.56 Å². The van der Waals surface area contributed by atoms with E-state index in [4.69, 9.17) is 10.8 Å². The Morgan fingerprint density at radius 2 is 1.68 bits per heavy atom. The number of nitrogens with two attached hydrogens (primary N) is 1. The van der Waals surface area contributed by atoms with Crippen molar-refractivity contribution in [2.45, 2.75) is 0 Å². The van der Waals surface area contributed by atoms with Crippen LogP contribution in [0.1, 0.15) is 10.4 Å². The molecule has 0 radical (unpaired) electrons. The van der Waals surface area contributed by atoms with Crippen molar-refractivity contribution in [2.75, 3.05) is 11.1 Å². The third-order valence-electron chi connectivity index (χ3n) is 2.43. The zero-order chi connectivity index (χ0) is 14.0. The molecule has 2 aromatic carbocycles. The Kier molecular flexibility index (Phi) is 3.33. The fraction of sp³-hybridized carbons (Fsp3) is 0. The number of carbonyl (C=O) groups is 1. The average Bonchev–Trinajstić information content (AvgIpc) is 2.26. The molecule has 0 fully saturated rings. The number of aromatic carboxylic acids is 1. The summed E-state index contributed by atoms with van der Waals surface area (Å²) in [6.07, 6.45) is 0. The van der Waals surface area contributed by atoms with Crippen LogP contribution in [-0.4, -0.2) is 11.1 Å². The van der Waals surface area contributed by atoms with Crippen molar-refractivity contribution in [2.24, 2.45) is 0 Å². The van der Waals surface area contributed by atoms with Crippen LogP contribution in [-0.2, 0) is 0 Å². The highest BCUT2D eigenvalue weighted by molar-refractivity contribution is 5.94. The molecule has 0 aromatic heterocycles. The summed E-state index contributed by atoms with van der Waals surface area (Å²) in [5.74, 6) is -2.56. The number of hydrogen-bond donors (Lipinski definition) is 3. The van der Waals surface area contributed by atoms with E-state index >= 15 is 0 Å². The molecule has 4 nitrogen and oxygen atoms in total. The summed E-state index contributed by atoms with van der Waals surface area (Å²) >= 11 is 0. The van der Waals surface area contributed by atoms with Crippen LogP contribution in [0.5, 0.6) is 0 Å². The number of carboxylic acids is 1. The summed E-state index contributed by atoms with van der Waals surface area (Å²) in [6, 6.07) is 7.15. The van der Waals surface area contributed by atoms with Crippen molar-refractivity contribution in [3.63, 3.8) is 0 Å². The number of halogens is 2. The first-order valence-corrected chi connectivity index (χ1v) is 5.31. The second-order valence-corrected chi connectivity index (χ2v) is 3.89. The lowest BCUT2D eigenvalue weighted by molar-refractivity contribution is 0.0698. The molecule has 0 aliphatic carbocycles. The molecule has 2 aromatic rings. The third kappa shape index (κ3) is 2.98. The van der Waals surface area contributed by atoms with E-state index in [0.29, 0.717) is 5.69 Å². The van der Waals surface area contributed by atoms with E-state index in [1.165, 1.54) is 18.2 Å². The first kappa shape index (κ1) is 12.8. The number of rotatable bonds is 3. The SMILES string of the molecule is Nc1cc(Nc2cc(F)cc(F)c2)ccc1C(=O)O. The van der Waals surface area contributed by atoms with Gasteiger partial charge in [0, 0.05) is 23.1 Å². The monoisotopic (exact) mass is 264 g/mol. The summed E-state index contributed by atoms with van der Waals surface area (Å²) in [4.78, 5) is 10.8. The van der Waals surface area contributed by atoms with E-state index in [1.807, 2.05) is 0 Å². The van der Waals surface area contributed by atoms with E-state index < -0.39 is 17.6 Å². The quantitative estimate of drug-likeness (QED) is 0.745. The van der Waals surface area contributed by atoms with Crippen LogP contribution < -0.4 is 11.1 Å². The lowest BCUT2D eigenvalue weighted by Gasteiger charge is -2.09. The Hall–Kier alpha value is -2.63. The van der Waals surface area contributed by atoms with Gasteiger partial charge in [-0.15, -0.1) is 0 Å². The van der Waals surface area contributed by atoms with Crippen molar-refractivity contribution in [3.8, 4) is 0 Å². The van der Waals surface area contributed by atoms with Gasteiger partial charge in [0.15, 0.2) is 0 Å². The van der Waals surface area contributed by atoms with E-state index in [-0.39, 0.29) is 16.9 Å². The summed E-state index contributed by atoms with van der Waals surface area (Å²) in [5, 5.41) is 11.6. The molecule has 0 aliphatic heterocycles. The molecule has 0 aliphatic rings. The minimum absolute atomic E-state index is 0.0315. The van der Waals surface area contributed by atoms with Gasteiger partial charge in [0.2, 0.25) is 0 Å². The van der Waals surface area contributed by atoms with Crippen LogP contribution >= 0.6 is 0 Å². The Morgan fingerprint density at radius 3 is 2.21 bits per heavy atom. The van der Waals surface area contributed by atoms with Crippen LogP contribution in [0, 0.1) is 11.6 Å². The topological polar surface area (TPSA) is 75.3 Å². The largest absolute Gasteiger partial charge is 0.478 e. The maximum absolute atomic E-state index is 13.0. The predicted molar refractivity (Wildman–Crippen MR) is 67.5 cm³/mol. The molecule has 0 saturated heterocycles. The van der Waals surface area contributed by atoms with Crippen molar-refractivity contribution >= 4 is 23.0 Å². The first-order chi connectivity index (χ1) is 8.95. The van der Waals surface area contributed by atoms with Gasteiger partial charge in [0.1, 0.15) is 11.6 Å². The molecule has 0 heterocycles. The maximum atomic E-state index is 13.0. The molecule has 0 bridgehead atoms. The Labute approximate surface area is 107 Å². The first-order valence-electron chi connectivity index (χ1n) is 5.31. The molecule has 4 N–H and O–H groups in total. The van der Waals surface area contributed by atoms with E-state index in [1.54, 1.807) is 0 Å². The molecule has 0 unspecified atom stereocenters. The van der Waals surface area contributed by atoms with Gasteiger partial charge >= 0.3 is 5.97 Å². The minimum atomic E-state index is -1.14. The second-order valence-electron chi connectivity index (χ2n) is 3.89. The average molecular weight is 264 g/mol. The number of benzene rings is 2. The molecular formula is C13H10F2N2O2. The zero-order valence-corrected chi connectivity index (χ0v) is 9.65. The predicted octanol–water partition coefficient (Wildman–Crippen LogP) is 2.99. The minimum Gasteiger partial charge on any atom is -0.478 e. The highest BCUT2D eigenvalue weighted by Crippen LogP contribution is 2.23. The zero-order valence-electron chi connectivity index (χ0n) is 9.65.